The highest BCUT2D eigenvalue weighted by atomic mass is 16.7. The zero-order valence-electron chi connectivity index (χ0n) is 11.1. The van der Waals surface area contributed by atoms with Crippen LogP contribution in [0, 0.1) is 0 Å². The number of methoxy groups -OCH3 is 1. The van der Waals surface area contributed by atoms with Crippen LogP contribution >= 0.6 is 0 Å². The van der Waals surface area contributed by atoms with E-state index in [0.29, 0.717) is 25.0 Å². The van der Waals surface area contributed by atoms with E-state index in [9.17, 15) is 0 Å². The number of fused-ring (bicyclic) bond motifs is 1. The molecule has 1 aromatic heterocycles. The zero-order valence-corrected chi connectivity index (χ0v) is 11.1. The predicted molar refractivity (Wildman–Crippen MR) is 68.5 cm³/mol. The molecule has 0 saturated heterocycles. The van der Waals surface area contributed by atoms with Crippen molar-refractivity contribution < 1.29 is 9.47 Å². The first kappa shape index (κ1) is 13.0. The van der Waals surface area contributed by atoms with Crippen molar-refractivity contribution in [3.63, 3.8) is 0 Å². The van der Waals surface area contributed by atoms with Crippen LogP contribution in [0.4, 0.5) is 5.82 Å². The highest BCUT2D eigenvalue weighted by Gasteiger charge is 2.19. The summed E-state index contributed by atoms with van der Waals surface area (Å²) in [5.41, 5.74) is 0.809. The van der Waals surface area contributed by atoms with Crippen molar-refractivity contribution in [1.82, 2.24) is 15.3 Å². The van der Waals surface area contributed by atoms with E-state index >= 15 is 0 Å². The van der Waals surface area contributed by atoms with Gasteiger partial charge in [0.05, 0.1) is 12.7 Å². The predicted octanol–water partition coefficient (Wildman–Crippen LogP) is 1.14. The summed E-state index contributed by atoms with van der Waals surface area (Å²) in [6, 6.07) is 0.361. The summed E-state index contributed by atoms with van der Waals surface area (Å²) in [5.74, 6) is 1.28. The van der Waals surface area contributed by atoms with Crippen LogP contribution in [-0.2, 0) is 11.3 Å². The minimum atomic E-state index is -0.320. The zero-order chi connectivity index (χ0) is 13.0. The molecule has 0 fully saturated rings. The first-order chi connectivity index (χ1) is 8.72. The highest BCUT2D eigenvalue weighted by Crippen LogP contribution is 2.20. The Balaban J connectivity index is 2.16. The monoisotopic (exact) mass is 252 g/mol. The van der Waals surface area contributed by atoms with Crippen LogP contribution in [0.2, 0.25) is 0 Å². The van der Waals surface area contributed by atoms with Gasteiger partial charge in [-0.25, -0.2) is 0 Å². The Labute approximate surface area is 107 Å². The van der Waals surface area contributed by atoms with Gasteiger partial charge in [-0.3, -0.25) is 4.98 Å². The number of ether oxygens (including phenoxy) is 2. The molecule has 1 aliphatic rings. The molecule has 2 N–H and O–H groups in total. The van der Waals surface area contributed by atoms with E-state index in [1.54, 1.807) is 13.3 Å². The smallest absolute Gasteiger partial charge is 0.241 e. The van der Waals surface area contributed by atoms with Crippen LogP contribution in [-0.4, -0.2) is 36.0 Å². The molecular weight excluding hydrogens is 232 g/mol. The van der Waals surface area contributed by atoms with Gasteiger partial charge in [-0.1, -0.05) is 6.92 Å². The van der Waals surface area contributed by atoms with E-state index in [-0.39, 0.29) is 6.29 Å². The van der Waals surface area contributed by atoms with Gasteiger partial charge in [0.25, 0.3) is 0 Å². The summed E-state index contributed by atoms with van der Waals surface area (Å²) in [6.07, 6.45) is 2.45. The van der Waals surface area contributed by atoms with Crippen LogP contribution < -0.4 is 15.4 Å². The normalized spacial score (nSPS) is 20.5. The summed E-state index contributed by atoms with van der Waals surface area (Å²) in [7, 11) is 1.62. The van der Waals surface area contributed by atoms with Gasteiger partial charge >= 0.3 is 0 Å². The lowest BCUT2D eigenvalue weighted by Crippen LogP contribution is -2.29. The molecule has 1 aromatic rings. The molecule has 0 radical (unpaired) electrons. The second-order valence-electron chi connectivity index (χ2n) is 4.37. The van der Waals surface area contributed by atoms with E-state index in [0.717, 1.165) is 17.9 Å². The maximum Gasteiger partial charge on any atom is 0.241 e. The lowest BCUT2D eigenvalue weighted by atomic mass is 10.3. The van der Waals surface area contributed by atoms with Gasteiger partial charge in [-0.05, 0) is 13.3 Å². The minimum Gasteiger partial charge on any atom is -0.445 e. The van der Waals surface area contributed by atoms with Gasteiger partial charge < -0.3 is 20.1 Å². The third-order valence-electron chi connectivity index (χ3n) is 2.93. The van der Waals surface area contributed by atoms with Gasteiger partial charge in [0.1, 0.15) is 11.5 Å². The Morgan fingerprint density at radius 2 is 2.50 bits per heavy atom. The number of hydrogen-bond donors (Lipinski definition) is 2. The third kappa shape index (κ3) is 3.08. The Kier molecular flexibility index (Phi) is 4.33. The van der Waals surface area contributed by atoms with E-state index in [1.165, 1.54) is 0 Å². The Hall–Kier alpha value is -1.40. The molecule has 2 unspecified atom stereocenters. The highest BCUT2D eigenvalue weighted by molar-refractivity contribution is 5.37. The van der Waals surface area contributed by atoms with E-state index in [4.69, 9.17) is 9.47 Å². The van der Waals surface area contributed by atoms with Crippen molar-refractivity contribution in [2.45, 2.75) is 39.1 Å². The molecule has 2 atom stereocenters. The molecule has 0 aliphatic carbocycles. The summed E-state index contributed by atoms with van der Waals surface area (Å²) in [5, 5.41) is 6.48. The van der Waals surface area contributed by atoms with Gasteiger partial charge in [-0.15, -0.1) is 0 Å². The standard InChI is InChI=1S/C12H20N4O2/c1-4-8(2)15-10-6-14-9-5-13-7-11(17-3)18-12(9)16-10/h6,8,11,13H,4-5,7H2,1-3H3,(H,15,16). The third-order valence-corrected chi connectivity index (χ3v) is 2.93. The Morgan fingerprint density at radius 3 is 3.22 bits per heavy atom. The lowest BCUT2D eigenvalue weighted by Gasteiger charge is -2.16. The SMILES string of the molecule is CCC(C)Nc1cnc2c(n1)OC(OC)CNC2. The molecule has 6 nitrogen and oxygen atoms in total. The van der Waals surface area contributed by atoms with Crippen LogP contribution in [0.25, 0.3) is 0 Å². The van der Waals surface area contributed by atoms with Crippen molar-refractivity contribution in [2.24, 2.45) is 0 Å². The molecule has 0 aromatic carbocycles. The van der Waals surface area contributed by atoms with Gasteiger partial charge in [0.15, 0.2) is 0 Å². The quantitative estimate of drug-likeness (QED) is 0.837. The molecule has 0 bridgehead atoms. The molecular formula is C12H20N4O2. The molecule has 2 rings (SSSR count). The van der Waals surface area contributed by atoms with Crippen molar-refractivity contribution in [3.05, 3.63) is 11.9 Å². The Morgan fingerprint density at radius 1 is 1.67 bits per heavy atom. The minimum absolute atomic E-state index is 0.320. The molecule has 2 heterocycles. The van der Waals surface area contributed by atoms with Gasteiger partial charge in [0, 0.05) is 19.7 Å². The fourth-order valence-electron chi connectivity index (χ4n) is 1.64. The Bertz CT molecular complexity index is 400. The van der Waals surface area contributed by atoms with Crippen molar-refractivity contribution in [3.8, 4) is 5.88 Å². The van der Waals surface area contributed by atoms with Crippen LogP contribution in [0.15, 0.2) is 6.20 Å². The maximum atomic E-state index is 5.66. The number of nitrogens with zero attached hydrogens (tertiary/aromatic N) is 2. The second-order valence-corrected chi connectivity index (χ2v) is 4.37. The molecule has 0 amide bonds. The first-order valence-corrected chi connectivity index (χ1v) is 6.25. The number of nitrogens with one attached hydrogen (secondary N) is 2. The largest absolute Gasteiger partial charge is 0.445 e. The summed E-state index contributed by atoms with van der Waals surface area (Å²) >= 11 is 0. The summed E-state index contributed by atoms with van der Waals surface area (Å²) in [6.45, 7) is 5.50. The van der Waals surface area contributed by atoms with E-state index in [2.05, 4.69) is 34.4 Å². The summed E-state index contributed by atoms with van der Waals surface area (Å²) < 4.78 is 10.9. The topological polar surface area (TPSA) is 68.3 Å². The average Bonchev–Trinajstić information content (AvgIpc) is 2.59. The fourth-order valence-corrected chi connectivity index (χ4v) is 1.64. The molecule has 100 valence electrons. The van der Waals surface area contributed by atoms with Crippen molar-refractivity contribution >= 4 is 5.82 Å². The fraction of sp³-hybridized carbons (Fsp3) is 0.667. The maximum absolute atomic E-state index is 5.66. The number of anilines is 1. The van der Waals surface area contributed by atoms with Gasteiger partial charge in [0.2, 0.25) is 12.2 Å². The summed E-state index contributed by atoms with van der Waals surface area (Å²) in [4.78, 5) is 8.81. The average molecular weight is 252 g/mol. The first-order valence-electron chi connectivity index (χ1n) is 6.25. The molecule has 6 heteroatoms. The number of rotatable bonds is 4. The van der Waals surface area contributed by atoms with E-state index < -0.39 is 0 Å². The van der Waals surface area contributed by atoms with Crippen LogP contribution in [0.5, 0.6) is 5.88 Å². The molecule has 0 spiro atoms. The molecule has 18 heavy (non-hydrogen) atoms. The molecule has 0 saturated carbocycles. The van der Waals surface area contributed by atoms with E-state index in [1.807, 2.05) is 0 Å². The van der Waals surface area contributed by atoms with Gasteiger partial charge in [-0.2, -0.15) is 4.98 Å². The van der Waals surface area contributed by atoms with Crippen LogP contribution in [0.3, 0.4) is 0 Å². The lowest BCUT2D eigenvalue weighted by molar-refractivity contribution is -0.0502. The number of aromatic nitrogens is 2. The second kappa shape index (κ2) is 5.97. The van der Waals surface area contributed by atoms with Crippen molar-refractivity contribution in [1.29, 1.82) is 0 Å². The number of hydrogen-bond acceptors (Lipinski definition) is 6. The van der Waals surface area contributed by atoms with Crippen molar-refractivity contribution in [2.75, 3.05) is 19.0 Å². The molecule has 1 aliphatic heterocycles. The van der Waals surface area contributed by atoms with Crippen LogP contribution in [0.1, 0.15) is 26.0 Å².